The second-order valence-corrected chi connectivity index (χ2v) is 6.75. The van der Waals surface area contributed by atoms with Crippen molar-refractivity contribution in [3.63, 3.8) is 0 Å². The molecule has 1 aliphatic rings. The summed E-state index contributed by atoms with van der Waals surface area (Å²) in [6.07, 6.45) is 2.99. The summed E-state index contributed by atoms with van der Waals surface area (Å²) in [6.45, 7) is 1.62. The third kappa shape index (κ3) is 5.40. The number of methoxy groups -OCH3 is 1. The first kappa shape index (κ1) is 20.5. The van der Waals surface area contributed by atoms with Crippen LogP contribution in [0.5, 0.6) is 5.75 Å². The number of benzene rings is 2. The Morgan fingerprint density at radius 3 is 2.52 bits per heavy atom. The molecule has 1 heterocycles. The van der Waals surface area contributed by atoms with E-state index in [-0.39, 0.29) is 18.2 Å². The van der Waals surface area contributed by atoms with Crippen molar-refractivity contribution in [1.82, 2.24) is 9.80 Å². The standard InChI is InChI=1S/C22H22F2N2O3/c1-29-18-6-2-17(3-7-18)15-26-13-12-25(11-10-22(26)28)21(27)9-5-16-4-8-19(23)20(24)14-16/h2-9,14H,10-13,15H2,1H3/b9-5+. The predicted molar refractivity (Wildman–Crippen MR) is 105 cm³/mol. The Morgan fingerprint density at radius 2 is 1.83 bits per heavy atom. The summed E-state index contributed by atoms with van der Waals surface area (Å²) in [5.74, 6) is -1.43. The lowest BCUT2D eigenvalue weighted by molar-refractivity contribution is -0.130. The summed E-state index contributed by atoms with van der Waals surface area (Å²) in [5, 5.41) is 0. The zero-order chi connectivity index (χ0) is 20.8. The fourth-order valence-corrected chi connectivity index (χ4v) is 3.09. The van der Waals surface area contributed by atoms with Gasteiger partial charge in [0.25, 0.3) is 0 Å². The van der Waals surface area contributed by atoms with Crippen LogP contribution < -0.4 is 4.74 Å². The van der Waals surface area contributed by atoms with E-state index in [1.165, 1.54) is 18.2 Å². The number of amides is 2. The van der Waals surface area contributed by atoms with E-state index in [9.17, 15) is 18.4 Å². The van der Waals surface area contributed by atoms with E-state index in [2.05, 4.69) is 0 Å². The minimum Gasteiger partial charge on any atom is -0.497 e. The molecule has 0 aliphatic carbocycles. The number of hydrogen-bond donors (Lipinski definition) is 0. The van der Waals surface area contributed by atoms with Crippen molar-refractivity contribution in [2.24, 2.45) is 0 Å². The topological polar surface area (TPSA) is 49.9 Å². The molecule has 0 N–H and O–H groups in total. The van der Waals surface area contributed by atoms with Gasteiger partial charge in [-0.2, -0.15) is 0 Å². The van der Waals surface area contributed by atoms with Crippen LogP contribution in [-0.2, 0) is 16.1 Å². The number of rotatable bonds is 5. The van der Waals surface area contributed by atoms with Crippen LogP contribution in [-0.4, -0.2) is 48.4 Å². The van der Waals surface area contributed by atoms with Crippen molar-refractivity contribution in [3.05, 3.63) is 71.3 Å². The smallest absolute Gasteiger partial charge is 0.246 e. The third-order valence-corrected chi connectivity index (χ3v) is 4.79. The van der Waals surface area contributed by atoms with E-state index in [0.29, 0.717) is 31.7 Å². The normalized spacial score (nSPS) is 14.9. The van der Waals surface area contributed by atoms with Gasteiger partial charge in [0.1, 0.15) is 5.75 Å². The van der Waals surface area contributed by atoms with E-state index in [1.54, 1.807) is 16.9 Å². The molecule has 0 bridgehead atoms. The van der Waals surface area contributed by atoms with Gasteiger partial charge < -0.3 is 14.5 Å². The molecular weight excluding hydrogens is 378 g/mol. The van der Waals surface area contributed by atoms with Crippen LogP contribution in [0, 0.1) is 11.6 Å². The summed E-state index contributed by atoms with van der Waals surface area (Å²) >= 11 is 0. The quantitative estimate of drug-likeness (QED) is 0.724. The first-order valence-electron chi connectivity index (χ1n) is 9.29. The zero-order valence-electron chi connectivity index (χ0n) is 16.1. The van der Waals surface area contributed by atoms with Crippen LogP contribution in [0.1, 0.15) is 17.5 Å². The molecule has 0 aromatic heterocycles. The van der Waals surface area contributed by atoms with Gasteiger partial charge in [-0.1, -0.05) is 18.2 Å². The highest BCUT2D eigenvalue weighted by Crippen LogP contribution is 2.15. The average molecular weight is 400 g/mol. The molecule has 2 aromatic carbocycles. The Hall–Kier alpha value is -3.22. The lowest BCUT2D eigenvalue weighted by atomic mass is 10.2. The summed E-state index contributed by atoms with van der Waals surface area (Å²) < 4.78 is 31.4. The van der Waals surface area contributed by atoms with E-state index in [1.807, 2.05) is 24.3 Å². The molecule has 5 nitrogen and oxygen atoms in total. The summed E-state index contributed by atoms with van der Waals surface area (Å²) in [6, 6.07) is 10.9. The fraction of sp³-hybridized carbons (Fsp3) is 0.273. The van der Waals surface area contributed by atoms with Gasteiger partial charge in [-0.15, -0.1) is 0 Å². The number of hydrogen-bond acceptors (Lipinski definition) is 3. The van der Waals surface area contributed by atoms with Gasteiger partial charge >= 0.3 is 0 Å². The van der Waals surface area contributed by atoms with E-state index < -0.39 is 11.6 Å². The molecule has 0 unspecified atom stereocenters. The Balaban J connectivity index is 1.59. The second-order valence-electron chi connectivity index (χ2n) is 6.75. The first-order chi connectivity index (χ1) is 14.0. The van der Waals surface area contributed by atoms with Crippen molar-refractivity contribution >= 4 is 17.9 Å². The predicted octanol–water partition coefficient (Wildman–Crippen LogP) is 3.25. The molecule has 7 heteroatoms. The molecule has 0 spiro atoms. The third-order valence-electron chi connectivity index (χ3n) is 4.79. The largest absolute Gasteiger partial charge is 0.497 e. The minimum absolute atomic E-state index is 0.0132. The molecule has 29 heavy (non-hydrogen) atoms. The van der Waals surface area contributed by atoms with Gasteiger partial charge in [0.05, 0.1) is 7.11 Å². The summed E-state index contributed by atoms with van der Waals surface area (Å²) in [5.41, 5.74) is 1.38. The Labute approximate surface area is 168 Å². The van der Waals surface area contributed by atoms with Crippen molar-refractivity contribution in [3.8, 4) is 5.75 Å². The van der Waals surface area contributed by atoms with Crippen LogP contribution in [0.3, 0.4) is 0 Å². The van der Waals surface area contributed by atoms with Gasteiger partial charge in [-0.25, -0.2) is 8.78 Å². The van der Waals surface area contributed by atoms with E-state index >= 15 is 0 Å². The molecule has 2 amide bonds. The van der Waals surface area contributed by atoms with Gasteiger partial charge in [-0.3, -0.25) is 9.59 Å². The van der Waals surface area contributed by atoms with Crippen molar-refractivity contribution in [2.75, 3.05) is 26.7 Å². The second kappa shape index (κ2) is 9.32. The number of carbonyl (C=O) groups excluding carboxylic acids is 2. The van der Waals surface area contributed by atoms with Crippen LogP contribution in [0.15, 0.2) is 48.5 Å². The Bertz CT molecular complexity index is 913. The van der Waals surface area contributed by atoms with Crippen molar-refractivity contribution in [1.29, 1.82) is 0 Å². The Morgan fingerprint density at radius 1 is 1.07 bits per heavy atom. The highest BCUT2D eigenvalue weighted by atomic mass is 19.2. The number of ether oxygens (including phenoxy) is 1. The molecule has 1 saturated heterocycles. The lowest BCUT2D eigenvalue weighted by Crippen LogP contribution is -2.34. The van der Waals surface area contributed by atoms with Crippen molar-refractivity contribution < 1.29 is 23.1 Å². The minimum atomic E-state index is -0.964. The number of nitrogens with zero attached hydrogens (tertiary/aromatic N) is 2. The summed E-state index contributed by atoms with van der Waals surface area (Å²) in [7, 11) is 1.60. The first-order valence-corrected chi connectivity index (χ1v) is 9.29. The van der Waals surface area contributed by atoms with Gasteiger partial charge in [-0.05, 0) is 41.5 Å². The molecule has 0 saturated carbocycles. The maximum absolute atomic E-state index is 13.3. The maximum Gasteiger partial charge on any atom is 0.246 e. The number of halogens is 2. The van der Waals surface area contributed by atoms with Crippen molar-refractivity contribution in [2.45, 2.75) is 13.0 Å². The van der Waals surface area contributed by atoms with Crippen LogP contribution in [0.2, 0.25) is 0 Å². The highest BCUT2D eigenvalue weighted by Gasteiger charge is 2.22. The molecular formula is C22H22F2N2O3. The van der Waals surface area contributed by atoms with Crippen LogP contribution in [0.4, 0.5) is 8.78 Å². The highest BCUT2D eigenvalue weighted by molar-refractivity contribution is 5.92. The van der Waals surface area contributed by atoms with E-state index in [0.717, 1.165) is 23.4 Å². The maximum atomic E-state index is 13.3. The van der Waals surface area contributed by atoms with Crippen LogP contribution in [0.25, 0.3) is 6.08 Å². The lowest BCUT2D eigenvalue weighted by Gasteiger charge is -2.21. The number of carbonyl (C=O) groups is 2. The average Bonchev–Trinajstić information content (AvgIpc) is 2.91. The molecule has 1 aliphatic heterocycles. The fourth-order valence-electron chi connectivity index (χ4n) is 3.09. The van der Waals surface area contributed by atoms with Gasteiger partial charge in [0.15, 0.2) is 11.6 Å². The van der Waals surface area contributed by atoms with Gasteiger partial charge in [0, 0.05) is 38.7 Å². The molecule has 3 rings (SSSR count). The SMILES string of the molecule is COc1ccc(CN2CCN(C(=O)/C=C/c3ccc(F)c(F)c3)CCC2=O)cc1. The molecule has 2 aromatic rings. The molecule has 0 radical (unpaired) electrons. The molecule has 0 atom stereocenters. The molecule has 1 fully saturated rings. The Kier molecular flexibility index (Phi) is 6.59. The van der Waals surface area contributed by atoms with Gasteiger partial charge in [0.2, 0.25) is 11.8 Å². The summed E-state index contributed by atoms with van der Waals surface area (Å²) in [4.78, 5) is 28.2. The van der Waals surface area contributed by atoms with E-state index in [4.69, 9.17) is 4.74 Å². The zero-order valence-corrected chi connectivity index (χ0v) is 16.1. The van der Waals surface area contributed by atoms with Crippen LogP contribution >= 0.6 is 0 Å². The molecule has 152 valence electrons. The monoisotopic (exact) mass is 400 g/mol.